The summed E-state index contributed by atoms with van der Waals surface area (Å²) in [6.07, 6.45) is -5.29. The number of halogens is 5. The van der Waals surface area contributed by atoms with E-state index in [1.807, 2.05) is 0 Å². The summed E-state index contributed by atoms with van der Waals surface area (Å²) >= 11 is 0. The van der Waals surface area contributed by atoms with E-state index in [1.165, 1.54) is 0 Å². The predicted octanol–water partition coefficient (Wildman–Crippen LogP) is 5.08. The molecule has 2 aliphatic carbocycles. The summed E-state index contributed by atoms with van der Waals surface area (Å²) in [6, 6.07) is 0. The highest BCUT2D eigenvalue weighted by atomic mass is 19.4. The topological polar surface area (TPSA) is 0 Å². The lowest BCUT2D eigenvalue weighted by Crippen LogP contribution is -2.46. The number of alkyl halides is 5. The zero-order valence-corrected chi connectivity index (χ0v) is 11.1. The first kappa shape index (κ1) is 15.0. The van der Waals surface area contributed by atoms with E-state index >= 15 is 0 Å². The van der Waals surface area contributed by atoms with Gasteiger partial charge in [-0.05, 0) is 43.4 Å². The van der Waals surface area contributed by atoms with E-state index in [4.69, 9.17) is 0 Å². The van der Waals surface area contributed by atoms with Gasteiger partial charge in [-0.2, -0.15) is 13.2 Å². The molecule has 2 atom stereocenters. The highest BCUT2D eigenvalue weighted by Crippen LogP contribution is 2.47. The van der Waals surface area contributed by atoms with Crippen molar-refractivity contribution in [1.82, 2.24) is 0 Å². The molecule has 19 heavy (non-hydrogen) atoms. The third-order valence-corrected chi connectivity index (χ3v) is 4.94. The normalized spacial score (nSPS) is 45.2. The molecule has 0 saturated heterocycles. The highest BCUT2D eigenvalue weighted by molar-refractivity contribution is 4.93. The van der Waals surface area contributed by atoms with E-state index in [2.05, 4.69) is 6.92 Å². The molecular formula is C14H21F5. The summed E-state index contributed by atoms with van der Waals surface area (Å²) < 4.78 is 65.2. The molecule has 0 bridgehead atoms. The van der Waals surface area contributed by atoms with Crippen molar-refractivity contribution in [3.05, 3.63) is 0 Å². The average molecular weight is 284 g/mol. The Labute approximate surface area is 110 Å². The van der Waals surface area contributed by atoms with Gasteiger partial charge in [0.25, 0.3) is 0 Å². The van der Waals surface area contributed by atoms with E-state index in [0.29, 0.717) is 5.92 Å². The minimum Gasteiger partial charge on any atom is -0.247 e. The molecule has 0 heterocycles. The van der Waals surface area contributed by atoms with Crippen molar-refractivity contribution in [3.63, 3.8) is 0 Å². The quantitative estimate of drug-likeness (QED) is 0.589. The van der Waals surface area contributed by atoms with Crippen LogP contribution in [0.5, 0.6) is 0 Å². The Hall–Kier alpha value is -0.350. The molecule has 2 unspecified atom stereocenters. The minimum absolute atomic E-state index is 0.121. The summed E-state index contributed by atoms with van der Waals surface area (Å²) in [6.45, 7) is 2.15. The number of rotatable bonds is 1. The fourth-order valence-electron chi connectivity index (χ4n) is 3.75. The lowest BCUT2D eigenvalue weighted by Gasteiger charge is -2.40. The molecule has 0 radical (unpaired) electrons. The van der Waals surface area contributed by atoms with Crippen LogP contribution in [0.4, 0.5) is 22.0 Å². The number of hydrogen-bond donors (Lipinski definition) is 0. The van der Waals surface area contributed by atoms with E-state index < -0.39 is 24.4 Å². The molecule has 5 heteroatoms. The molecule has 0 N–H and O–H groups in total. The third kappa shape index (κ3) is 3.40. The van der Waals surface area contributed by atoms with Crippen LogP contribution in [-0.2, 0) is 0 Å². The van der Waals surface area contributed by atoms with Crippen molar-refractivity contribution in [2.24, 2.45) is 23.7 Å². The molecule has 0 amide bonds. The minimum atomic E-state index is -4.76. The van der Waals surface area contributed by atoms with Crippen molar-refractivity contribution >= 4 is 0 Å². The van der Waals surface area contributed by atoms with E-state index in [9.17, 15) is 22.0 Å². The van der Waals surface area contributed by atoms with Gasteiger partial charge in [0, 0.05) is 0 Å². The summed E-state index contributed by atoms with van der Waals surface area (Å²) in [5.41, 5.74) is 0. The maximum absolute atomic E-state index is 13.7. The van der Waals surface area contributed by atoms with E-state index in [-0.39, 0.29) is 24.7 Å². The molecule has 2 rings (SSSR count). The van der Waals surface area contributed by atoms with Crippen molar-refractivity contribution in [1.29, 1.82) is 0 Å². The summed E-state index contributed by atoms with van der Waals surface area (Å²) in [7, 11) is 0. The Kier molecular flexibility index (Phi) is 4.41. The Morgan fingerprint density at radius 3 is 1.68 bits per heavy atom. The van der Waals surface area contributed by atoms with Gasteiger partial charge in [0.05, 0.1) is 0 Å². The van der Waals surface area contributed by atoms with Gasteiger partial charge in [-0.3, -0.25) is 0 Å². The molecule has 0 spiro atoms. The van der Waals surface area contributed by atoms with Gasteiger partial charge in [0.15, 0.2) is 0 Å². The maximum Gasteiger partial charge on any atom is 0.397 e. The molecule has 112 valence electrons. The molecule has 2 aliphatic rings. The first-order valence-electron chi connectivity index (χ1n) is 7.14. The van der Waals surface area contributed by atoms with Crippen LogP contribution in [0.3, 0.4) is 0 Å². The van der Waals surface area contributed by atoms with Crippen molar-refractivity contribution in [2.75, 3.05) is 0 Å². The zero-order valence-electron chi connectivity index (χ0n) is 11.1. The van der Waals surface area contributed by atoms with Gasteiger partial charge in [0.1, 0.15) is 18.3 Å². The first-order chi connectivity index (χ1) is 8.79. The molecule has 0 aliphatic heterocycles. The monoisotopic (exact) mass is 284 g/mol. The SMILES string of the molecule is CC1CCC(C2CC(F)C(C(F)(F)F)C(F)C2)CC1. The molecule has 2 fully saturated rings. The second kappa shape index (κ2) is 5.57. The molecule has 0 nitrogen and oxygen atoms in total. The molecular weight excluding hydrogens is 263 g/mol. The lowest BCUT2D eigenvalue weighted by molar-refractivity contribution is -0.220. The summed E-state index contributed by atoms with van der Waals surface area (Å²) in [5.74, 6) is -1.78. The zero-order chi connectivity index (χ0) is 14.2. The fourth-order valence-corrected chi connectivity index (χ4v) is 3.75. The largest absolute Gasteiger partial charge is 0.397 e. The van der Waals surface area contributed by atoms with Crippen LogP contribution >= 0.6 is 0 Å². The smallest absolute Gasteiger partial charge is 0.247 e. The Balaban J connectivity index is 1.97. The highest BCUT2D eigenvalue weighted by Gasteiger charge is 2.54. The Morgan fingerprint density at radius 2 is 1.26 bits per heavy atom. The maximum atomic E-state index is 13.7. The third-order valence-electron chi connectivity index (χ3n) is 4.94. The molecule has 0 aromatic carbocycles. The van der Waals surface area contributed by atoms with E-state index in [1.54, 1.807) is 0 Å². The summed E-state index contributed by atoms with van der Waals surface area (Å²) in [5, 5.41) is 0. The Bertz CT molecular complexity index is 281. The van der Waals surface area contributed by atoms with Gasteiger partial charge >= 0.3 is 6.18 Å². The van der Waals surface area contributed by atoms with Crippen molar-refractivity contribution in [3.8, 4) is 0 Å². The average Bonchev–Trinajstić information content (AvgIpc) is 2.26. The first-order valence-corrected chi connectivity index (χ1v) is 7.14. The van der Waals surface area contributed by atoms with Crippen LogP contribution in [0.1, 0.15) is 45.4 Å². The van der Waals surface area contributed by atoms with Crippen molar-refractivity contribution in [2.45, 2.75) is 64.0 Å². The van der Waals surface area contributed by atoms with Crippen LogP contribution in [0.15, 0.2) is 0 Å². The second-order valence-electron chi connectivity index (χ2n) is 6.35. The van der Waals surface area contributed by atoms with E-state index in [0.717, 1.165) is 25.7 Å². The van der Waals surface area contributed by atoms with Crippen LogP contribution in [0.25, 0.3) is 0 Å². The van der Waals surface area contributed by atoms with Gasteiger partial charge < -0.3 is 0 Å². The fraction of sp³-hybridized carbons (Fsp3) is 1.00. The lowest BCUT2D eigenvalue weighted by atomic mass is 9.68. The van der Waals surface area contributed by atoms with Gasteiger partial charge in [-0.1, -0.05) is 19.8 Å². The van der Waals surface area contributed by atoms with Crippen LogP contribution in [0, 0.1) is 23.7 Å². The van der Waals surface area contributed by atoms with Crippen LogP contribution in [0.2, 0.25) is 0 Å². The second-order valence-corrected chi connectivity index (χ2v) is 6.35. The van der Waals surface area contributed by atoms with Gasteiger partial charge in [-0.25, -0.2) is 8.78 Å². The summed E-state index contributed by atoms with van der Waals surface area (Å²) in [4.78, 5) is 0. The standard InChI is InChI=1S/C14H21F5/c1-8-2-4-9(5-3-8)10-6-11(15)13(12(16)7-10)14(17,18)19/h8-13H,2-7H2,1H3. The van der Waals surface area contributed by atoms with Crippen LogP contribution in [-0.4, -0.2) is 18.5 Å². The molecule has 0 aromatic rings. The molecule has 0 aromatic heterocycles. The molecule has 2 saturated carbocycles. The van der Waals surface area contributed by atoms with Crippen molar-refractivity contribution < 1.29 is 22.0 Å². The van der Waals surface area contributed by atoms with Crippen LogP contribution < -0.4 is 0 Å². The predicted molar refractivity (Wildman–Crippen MR) is 63.2 cm³/mol. The van der Waals surface area contributed by atoms with Gasteiger partial charge in [0.2, 0.25) is 0 Å². The number of hydrogen-bond acceptors (Lipinski definition) is 0. The Morgan fingerprint density at radius 1 is 0.789 bits per heavy atom. The van der Waals surface area contributed by atoms with Gasteiger partial charge in [-0.15, -0.1) is 0 Å².